The third kappa shape index (κ3) is 7.93. The summed E-state index contributed by atoms with van der Waals surface area (Å²) in [5.74, 6) is 3.36. The maximum Gasteiger partial charge on any atom is 0.206 e. The van der Waals surface area contributed by atoms with Gasteiger partial charge < -0.3 is 42.6 Å². The van der Waals surface area contributed by atoms with Crippen molar-refractivity contribution in [3.63, 3.8) is 0 Å². The van der Waals surface area contributed by atoms with Gasteiger partial charge in [0.25, 0.3) is 0 Å². The third-order valence-electron chi connectivity index (χ3n) is 7.29. The molecule has 2 fully saturated rings. The van der Waals surface area contributed by atoms with Crippen LogP contribution in [0.1, 0.15) is 42.1 Å². The quantitative estimate of drug-likeness (QED) is 0.187. The number of epoxide rings is 1. The van der Waals surface area contributed by atoms with Crippen LogP contribution >= 0.6 is 0 Å². The van der Waals surface area contributed by atoms with Gasteiger partial charge in [0.05, 0.1) is 48.3 Å². The molecular formula is C34H40O9. The minimum absolute atomic E-state index is 0.0579. The average Bonchev–Trinajstić information content (AvgIpc) is 3.90. The average molecular weight is 593 g/mol. The summed E-state index contributed by atoms with van der Waals surface area (Å²) in [4.78, 5) is 0. The van der Waals surface area contributed by atoms with Crippen LogP contribution in [0.3, 0.4) is 0 Å². The van der Waals surface area contributed by atoms with Crippen LogP contribution in [-0.2, 0) is 20.8 Å². The number of ether oxygens (including phenoxy) is 9. The number of rotatable bonds is 15. The van der Waals surface area contributed by atoms with Gasteiger partial charge in [0.15, 0.2) is 29.3 Å². The van der Waals surface area contributed by atoms with Crippen molar-refractivity contribution in [2.75, 3.05) is 48.3 Å². The van der Waals surface area contributed by atoms with Gasteiger partial charge in [0, 0.05) is 6.42 Å². The standard InChI is InChI=1S/C34H40O9/c1-35-26-17-24(18-27(36-2)33(26)42-21-23-11-6-5-7-12-23)13-10-16-40-32(30-22-41-30)25-19-28(37-3)34(29(20-25)38-4)43-31-14-8-9-15-39-31/h5-7,10-13,17-20,30-32H,8-9,14-16,21-22H2,1-4H3/b13-10+/t30-,31?,32?/m1/s1. The Kier molecular flexibility index (Phi) is 10.7. The fourth-order valence-corrected chi connectivity index (χ4v) is 4.98. The molecule has 0 aliphatic carbocycles. The molecule has 2 aliphatic heterocycles. The highest BCUT2D eigenvalue weighted by atomic mass is 16.7. The van der Waals surface area contributed by atoms with Gasteiger partial charge in [-0.05, 0) is 53.8 Å². The van der Waals surface area contributed by atoms with E-state index in [9.17, 15) is 0 Å². The third-order valence-corrected chi connectivity index (χ3v) is 7.29. The molecule has 2 unspecified atom stereocenters. The highest BCUT2D eigenvalue weighted by molar-refractivity contribution is 5.62. The number of benzene rings is 3. The van der Waals surface area contributed by atoms with Gasteiger partial charge in [-0.25, -0.2) is 0 Å². The fourth-order valence-electron chi connectivity index (χ4n) is 4.98. The van der Waals surface area contributed by atoms with E-state index in [4.69, 9.17) is 42.6 Å². The van der Waals surface area contributed by atoms with Crippen LogP contribution in [-0.4, -0.2) is 60.7 Å². The molecule has 0 amide bonds. The molecule has 5 rings (SSSR count). The van der Waals surface area contributed by atoms with Crippen molar-refractivity contribution >= 4 is 6.08 Å². The van der Waals surface area contributed by atoms with Crippen molar-refractivity contribution in [1.29, 1.82) is 0 Å². The molecule has 2 aliphatic rings. The molecule has 230 valence electrons. The molecule has 0 N–H and O–H groups in total. The summed E-state index contributed by atoms with van der Waals surface area (Å²) < 4.78 is 52.6. The van der Waals surface area contributed by atoms with Gasteiger partial charge in [0.2, 0.25) is 11.5 Å². The number of methoxy groups -OCH3 is 4. The van der Waals surface area contributed by atoms with Gasteiger partial charge in [-0.3, -0.25) is 0 Å². The predicted octanol–water partition coefficient (Wildman–Crippen LogP) is 6.38. The Bertz CT molecular complexity index is 1300. The van der Waals surface area contributed by atoms with Gasteiger partial charge in [-0.2, -0.15) is 0 Å². The van der Waals surface area contributed by atoms with Crippen LogP contribution in [0.4, 0.5) is 0 Å². The summed E-state index contributed by atoms with van der Waals surface area (Å²) >= 11 is 0. The first kappa shape index (κ1) is 30.5. The zero-order chi connectivity index (χ0) is 30.0. The van der Waals surface area contributed by atoms with Gasteiger partial charge in [-0.15, -0.1) is 0 Å². The van der Waals surface area contributed by atoms with Gasteiger partial charge in [0.1, 0.15) is 18.8 Å². The second kappa shape index (κ2) is 15.0. The molecule has 0 saturated carbocycles. The maximum atomic E-state index is 6.31. The summed E-state index contributed by atoms with van der Waals surface area (Å²) in [7, 11) is 6.45. The van der Waals surface area contributed by atoms with E-state index in [1.165, 1.54) is 0 Å². The maximum absolute atomic E-state index is 6.31. The van der Waals surface area contributed by atoms with E-state index in [1.807, 2.05) is 66.7 Å². The number of hydrogen-bond acceptors (Lipinski definition) is 9. The molecule has 3 atom stereocenters. The van der Waals surface area contributed by atoms with Crippen molar-refractivity contribution in [3.05, 3.63) is 77.4 Å². The summed E-state index contributed by atoms with van der Waals surface area (Å²) in [6, 6.07) is 17.6. The number of hydrogen-bond donors (Lipinski definition) is 0. The van der Waals surface area contributed by atoms with E-state index in [1.54, 1.807) is 28.4 Å². The zero-order valence-electron chi connectivity index (χ0n) is 25.2. The molecule has 0 aromatic heterocycles. The zero-order valence-corrected chi connectivity index (χ0v) is 25.2. The minimum atomic E-state index is -0.326. The van der Waals surface area contributed by atoms with Gasteiger partial charge >= 0.3 is 0 Å². The SMILES string of the molecule is COc1cc(/C=C/COC(c2cc(OC)c(OC3CCCCO3)c(OC)c2)[C@H]2CO2)cc(OC)c1OCc1ccccc1. The van der Waals surface area contributed by atoms with Crippen LogP contribution in [0.25, 0.3) is 6.08 Å². The van der Waals surface area contributed by atoms with Crippen molar-refractivity contribution in [1.82, 2.24) is 0 Å². The van der Waals surface area contributed by atoms with Crippen LogP contribution in [0, 0.1) is 0 Å². The van der Waals surface area contributed by atoms with Crippen molar-refractivity contribution in [2.45, 2.75) is 44.4 Å². The normalized spacial score (nSPS) is 18.6. The highest BCUT2D eigenvalue weighted by Gasteiger charge is 2.36. The fraction of sp³-hybridized carbons (Fsp3) is 0.412. The summed E-state index contributed by atoms with van der Waals surface area (Å²) in [5.41, 5.74) is 2.82. The van der Waals surface area contributed by atoms with E-state index in [-0.39, 0.29) is 18.5 Å². The van der Waals surface area contributed by atoms with Gasteiger partial charge in [-0.1, -0.05) is 42.5 Å². The largest absolute Gasteiger partial charge is 0.493 e. The minimum Gasteiger partial charge on any atom is -0.493 e. The predicted molar refractivity (Wildman–Crippen MR) is 162 cm³/mol. The monoisotopic (exact) mass is 592 g/mol. The van der Waals surface area contributed by atoms with E-state index in [0.29, 0.717) is 60.9 Å². The first-order chi connectivity index (χ1) is 21.1. The van der Waals surface area contributed by atoms with Crippen LogP contribution in [0.5, 0.6) is 34.5 Å². The molecule has 2 heterocycles. The molecule has 9 heteroatoms. The Balaban J connectivity index is 1.27. The van der Waals surface area contributed by atoms with E-state index in [0.717, 1.165) is 36.0 Å². The van der Waals surface area contributed by atoms with Crippen molar-refractivity contribution in [3.8, 4) is 34.5 Å². The van der Waals surface area contributed by atoms with Crippen LogP contribution < -0.4 is 28.4 Å². The second-order valence-corrected chi connectivity index (χ2v) is 10.2. The lowest BCUT2D eigenvalue weighted by molar-refractivity contribution is -0.107. The van der Waals surface area contributed by atoms with Crippen molar-refractivity contribution in [2.24, 2.45) is 0 Å². The van der Waals surface area contributed by atoms with Crippen molar-refractivity contribution < 1.29 is 42.6 Å². The smallest absolute Gasteiger partial charge is 0.206 e. The Labute approximate surface area is 253 Å². The Morgan fingerprint density at radius 2 is 1.47 bits per heavy atom. The molecule has 3 aromatic carbocycles. The highest BCUT2D eigenvalue weighted by Crippen LogP contribution is 2.44. The summed E-state index contributed by atoms with van der Waals surface area (Å²) in [5, 5.41) is 0. The lowest BCUT2D eigenvalue weighted by Crippen LogP contribution is -2.25. The second-order valence-electron chi connectivity index (χ2n) is 10.2. The molecule has 0 bridgehead atoms. The Morgan fingerprint density at radius 1 is 0.814 bits per heavy atom. The summed E-state index contributed by atoms with van der Waals surface area (Å²) in [6.45, 7) is 2.05. The molecule has 9 nitrogen and oxygen atoms in total. The first-order valence-corrected chi connectivity index (χ1v) is 14.5. The summed E-state index contributed by atoms with van der Waals surface area (Å²) in [6.07, 6.45) is 6.12. The topological polar surface area (TPSA) is 86.4 Å². The molecule has 0 radical (unpaired) electrons. The van der Waals surface area contributed by atoms with Crippen LogP contribution in [0.2, 0.25) is 0 Å². The lowest BCUT2D eigenvalue weighted by Gasteiger charge is -2.26. The molecule has 2 saturated heterocycles. The van der Waals surface area contributed by atoms with E-state index >= 15 is 0 Å². The molecule has 0 spiro atoms. The van der Waals surface area contributed by atoms with E-state index in [2.05, 4.69) is 0 Å². The molecule has 43 heavy (non-hydrogen) atoms. The molecular weight excluding hydrogens is 552 g/mol. The Hall–Kier alpha value is -3.92. The lowest BCUT2D eigenvalue weighted by atomic mass is 10.0. The first-order valence-electron chi connectivity index (χ1n) is 14.5. The van der Waals surface area contributed by atoms with E-state index < -0.39 is 0 Å². The molecule has 3 aromatic rings. The van der Waals surface area contributed by atoms with Crippen LogP contribution in [0.15, 0.2) is 60.7 Å². The Morgan fingerprint density at radius 3 is 2.05 bits per heavy atom.